The van der Waals surface area contributed by atoms with E-state index in [1.807, 2.05) is 30.3 Å². The molecular weight excluding hydrogens is 225 g/mol. The zero-order valence-electron chi connectivity index (χ0n) is 11.2. The van der Waals surface area contributed by atoms with Gasteiger partial charge in [-0.15, -0.1) is 0 Å². The number of benzene rings is 2. The van der Waals surface area contributed by atoms with E-state index >= 15 is 0 Å². The molecule has 0 spiro atoms. The van der Waals surface area contributed by atoms with E-state index in [9.17, 15) is 4.39 Å². The monoisotopic (exact) mass is 245 g/mol. The highest BCUT2D eigenvalue weighted by atomic mass is 19.1. The minimum absolute atomic E-state index is 0.145. The van der Waals surface area contributed by atoms with E-state index in [0.29, 0.717) is 11.3 Å². The van der Waals surface area contributed by atoms with Crippen LogP contribution in [-0.2, 0) is 0 Å². The molecule has 1 nitrogen and oxygen atoms in total. The summed E-state index contributed by atoms with van der Waals surface area (Å²) in [4.78, 5) is 0. The normalized spacial score (nSPS) is 13.2. The summed E-state index contributed by atoms with van der Waals surface area (Å²) < 4.78 is 13.8. The second kappa shape index (κ2) is 5.49. The largest absolute Gasteiger partial charge is 0.310 e. The summed E-state index contributed by atoms with van der Waals surface area (Å²) in [7, 11) is 0. The molecule has 0 bridgehead atoms. The van der Waals surface area contributed by atoms with Crippen molar-refractivity contribution in [1.82, 2.24) is 5.32 Å². The van der Waals surface area contributed by atoms with E-state index in [1.54, 1.807) is 6.07 Å². The SMILES string of the molecule is CCNC(c1ccc(F)c2ccccc12)C(C)C. The number of nitrogens with one attached hydrogen (secondary N) is 1. The minimum Gasteiger partial charge on any atom is -0.310 e. The van der Waals surface area contributed by atoms with Crippen LogP contribution in [0.4, 0.5) is 4.39 Å². The minimum atomic E-state index is -0.145. The lowest BCUT2D eigenvalue weighted by atomic mass is 9.91. The van der Waals surface area contributed by atoms with Gasteiger partial charge in [-0.05, 0) is 29.5 Å². The Bertz CT molecular complexity index is 534. The lowest BCUT2D eigenvalue weighted by molar-refractivity contribution is 0.424. The Morgan fingerprint density at radius 3 is 2.33 bits per heavy atom. The summed E-state index contributed by atoms with van der Waals surface area (Å²) in [5.74, 6) is 0.326. The van der Waals surface area contributed by atoms with Gasteiger partial charge < -0.3 is 5.32 Å². The average Bonchev–Trinajstić information content (AvgIpc) is 2.37. The van der Waals surface area contributed by atoms with Crippen molar-refractivity contribution in [2.24, 2.45) is 5.92 Å². The average molecular weight is 245 g/mol. The molecule has 18 heavy (non-hydrogen) atoms. The Balaban J connectivity index is 2.59. The highest BCUT2D eigenvalue weighted by Crippen LogP contribution is 2.30. The molecule has 2 rings (SSSR count). The summed E-state index contributed by atoms with van der Waals surface area (Å²) in [6.07, 6.45) is 0. The fraction of sp³-hybridized carbons (Fsp3) is 0.375. The van der Waals surface area contributed by atoms with Gasteiger partial charge in [0.25, 0.3) is 0 Å². The summed E-state index contributed by atoms with van der Waals surface area (Å²) in [5.41, 5.74) is 1.18. The third kappa shape index (κ3) is 2.39. The number of rotatable bonds is 4. The molecule has 96 valence electrons. The van der Waals surface area contributed by atoms with Gasteiger partial charge in [0.1, 0.15) is 5.82 Å². The highest BCUT2D eigenvalue weighted by molar-refractivity contribution is 5.86. The van der Waals surface area contributed by atoms with E-state index in [-0.39, 0.29) is 11.9 Å². The summed E-state index contributed by atoms with van der Waals surface area (Å²) in [6, 6.07) is 11.4. The first-order chi connectivity index (χ1) is 8.65. The Hall–Kier alpha value is -1.41. The topological polar surface area (TPSA) is 12.0 Å². The Morgan fingerprint density at radius 2 is 1.72 bits per heavy atom. The van der Waals surface area contributed by atoms with E-state index in [1.165, 1.54) is 5.56 Å². The summed E-state index contributed by atoms with van der Waals surface area (Å²) >= 11 is 0. The molecule has 2 aromatic carbocycles. The van der Waals surface area contributed by atoms with Crippen LogP contribution in [0.25, 0.3) is 10.8 Å². The van der Waals surface area contributed by atoms with Crippen LogP contribution in [0.5, 0.6) is 0 Å². The van der Waals surface area contributed by atoms with Crippen molar-refractivity contribution in [3.05, 3.63) is 47.8 Å². The van der Waals surface area contributed by atoms with Crippen LogP contribution in [0.2, 0.25) is 0 Å². The first kappa shape index (κ1) is 13.0. The Kier molecular flexibility index (Phi) is 3.97. The molecule has 0 aliphatic rings. The molecule has 1 N–H and O–H groups in total. The van der Waals surface area contributed by atoms with Crippen molar-refractivity contribution in [2.75, 3.05) is 6.54 Å². The van der Waals surface area contributed by atoms with Crippen molar-refractivity contribution >= 4 is 10.8 Å². The Labute approximate surface area is 108 Å². The van der Waals surface area contributed by atoms with Gasteiger partial charge in [-0.25, -0.2) is 4.39 Å². The predicted octanol–water partition coefficient (Wildman–Crippen LogP) is 4.29. The van der Waals surface area contributed by atoms with Crippen molar-refractivity contribution in [3.8, 4) is 0 Å². The number of fused-ring (bicyclic) bond motifs is 1. The van der Waals surface area contributed by atoms with Gasteiger partial charge in [0.05, 0.1) is 0 Å². The van der Waals surface area contributed by atoms with E-state index in [2.05, 4.69) is 26.1 Å². The van der Waals surface area contributed by atoms with Gasteiger partial charge in [0.2, 0.25) is 0 Å². The fourth-order valence-corrected chi connectivity index (χ4v) is 2.48. The second-order valence-corrected chi connectivity index (χ2v) is 4.96. The molecule has 0 radical (unpaired) electrons. The Morgan fingerprint density at radius 1 is 1.06 bits per heavy atom. The molecule has 1 unspecified atom stereocenters. The van der Waals surface area contributed by atoms with E-state index in [4.69, 9.17) is 0 Å². The standard InChI is InChI=1S/C16H20FN/c1-4-18-16(11(2)3)14-9-10-15(17)13-8-6-5-7-12(13)14/h5-11,16,18H,4H2,1-3H3. The van der Waals surface area contributed by atoms with Crippen molar-refractivity contribution in [3.63, 3.8) is 0 Å². The molecule has 0 aliphatic carbocycles. The summed E-state index contributed by atoms with van der Waals surface area (Å²) in [5, 5.41) is 5.21. The lowest BCUT2D eigenvalue weighted by Crippen LogP contribution is -2.25. The molecule has 0 fully saturated rings. The van der Waals surface area contributed by atoms with Crippen LogP contribution in [0.3, 0.4) is 0 Å². The third-order valence-electron chi connectivity index (χ3n) is 3.33. The van der Waals surface area contributed by atoms with E-state index < -0.39 is 0 Å². The molecule has 0 saturated carbocycles. The second-order valence-electron chi connectivity index (χ2n) is 4.96. The maximum atomic E-state index is 13.8. The first-order valence-electron chi connectivity index (χ1n) is 6.55. The zero-order valence-corrected chi connectivity index (χ0v) is 11.2. The summed E-state index contributed by atoms with van der Waals surface area (Å²) in [6.45, 7) is 7.38. The molecule has 0 aliphatic heterocycles. The van der Waals surface area contributed by atoms with Gasteiger partial charge in [0.15, 0.2) is 0 Å². The molecule has 0 aromatic heterocycles. The smallest absolute Gasteiger partial charge is 0.131 e. The maximum Gasteiger partial charge on any atom is 0.131 e. The maximum absolute atomic E-state index is 13.8. The number of halogens is 1. The van der Waals surface area contributed by atoms with E-state index in [0.717, 1.165) is 11.9 Å². The van der Waals surface area contributed by atoms with Gasteiger partial charge >= 0.3 is 0 Å². The first-order valence-corrected chi connectivity index (χ1v) is 6.55. The van der Waals surface area contributed by atoms with Crippen LogP contribution < -0.4 is 5.32 Å². The van der Waals surface area contributed by atoms with Crippen LogP contribution >= 0.6 is 0 Å². The predicted molar refractivity (Wildman–Crippen MR) is 75.2 cm³/mol. The van der Waals surface area contributed by atoms with Crippen LogP contribution in [0.15, 0.2) is 36.4 Å². The third-order valence-corrected chi connectivity index (χ3v) is 3.33. The van der Waals surface area contributed by atoms with Crippen molar-refractivity contribution in [1.29, 1.82) is 0 Å². The quantitative estimate of drug-likeness (QED) is 0.847. The fourth-order valence-electron chi connectivity index (χ4n) is 2.48. The van der Waals surface area contributed by atoms with Gasteiger partial charge in [-0.3, -0.25) is 0 Å². The number of hydrogen-bond donors (Lipinski definition) is 1. The molecule has 1 atom stereocenters. The lowest BCUT2D eigenvalue weighted by Gasteiger charge is -2.24. The zero-order chi connectivity index (χ0) is 13.1. The van der Waals surface area contributed by atoms with Gasteiger partial charge in [0, 0.05) is 11.4 Å². The molecule has 2 aromatic rings. The molecule has 0 amide bonds. The molecule has 2 heteroatoms. The molecule has 0 saturated heterocycles. The molecule has 0 heterocycles. The van der Waals surface area contributed by atoms with Crippen molar-refractivity contribution < 1.29 is 4.39 Å². The molecular formula is C16H20FN. The number of hydrogen-bond acceptors (Lipinski definition) is 1. The van der Waals surface area contributed by atoms with Gasteiger partial charge in [-0.1, -0.05) is 51.1 Å². The van der Waals surface area contributed by atoms with Crippen LogP contribution in [0.1, 0.15) is 32.4 Å². The van der Waals surface area contributed by atoms with Crippen molar-refractivity contribution in [2.45, 2.75) is 26.8 Å². The van der Waals surface area contributed by atoms with Crippen LogP contribution in [0, 0.1) is 11.7 Å². The highest BCUT2D eigenvalue weighted by Gasteiger charge is 2.17. The van der Waals surface area contributed by atoms with Crippen LogP contribution in [-0.4, -0.2) is 6.54 Å². The van der Waals surface area contributed by atoms with Gasteiger partial charge in [-0.2, -0.15) is 0 Å².